The number of hydrogen-bond acceptors (Lipinski definition) is 3. The van der Waals surface area contributed by atoms with E-state index in [2.05, 4.69) is 15.1 Å². The van der Waals surface area contributed by atoms with Crippen LogP contribution in [0.3, 0.4) is 0 Å². The molecule has 0 radical (unpaired) electrons. The first kappa shape index (κ1) is 12.4. The lowest BCUT2D eigenvalue weighted by Crippen LogP contribution is -2.22. The second kappa shape index (κ2) is 4.48. The summed E-state index contributed by atoms with van der Waals surface area (Å²) in [6.07, 6.45) is 2.52. The topological polar surface area (TPSA) is 83.5 Å². The van der Waals surface area contributed by atoms with Gasteiger partial charge in [-0.05, 0) is 30.2 Å². The quantitative estimate of drug-likeness (QED) is 0.733. The normalized spacial score (nSPS) is 11.1. The summed E-state index contributed by atoms with van der Waals surface area (Å²) < 4.78 is 1.76. The zero-order valence-electron chi connectivity index (χ0n) is 11.2. The number of rotatable bonds is 2. The molecular weight excluding hydrogens is 256 g/mol. The molecular formula is C14H14N4O2. The Balaban J connectivity index is 2.41. The Bertz CT molecular complexity index is 901. The number of fused-ring (bicyclic) bond motifs is 1. The SMILES string of the molecule is CCc1cc2[nH]c(=O)[nH]c(=O)c2cc1-c1ccnn1C. The molecule has 6 heteroatoms. The van der Waals surface area contributed by atoms with Gasteiger partial charge in [0, 0.05) is 18.8 Å². The Morgan fingerprint density at radius 2 is 2.05 bits per heavy atom. The number of nitrogens with zero attached hydrogens (tertiary/aromatic N) is 2. The summed E-state index contributed by atoms with van der Waals surface area (Å²) in [5.74, 6) is 0. The number of aromatic amines is 2. The van der Waals surface area contributed by atoms with Gasteiger partial charge in [-0.25, -0.2) is 4.79 Å². The number of aryl methyl sites for hydroxylation is 2. The summed E-state index contributed by atoms with van der Waals surface area (Å²) in [6.45, 7) is 2.03. The van der Waals surface area contributed by atoms with Crippen LogP contribution in [0.25, 0.3) is 22.2 Å². The average Bonchev–Trinajstić information content (AvgIpc) is 2.83. The first-order chi connectivity index (χ1) is 9.60. The molecule has 0 atom stereocenters. The van der Waals surface area contributed by atoms with Gasteiger partial charge in [0.2, 0.25) is 0 Å². The Morgan fingerprint density at radius 3 is 2.70 bits per heavy atom. The van der Waals surface area contributed by atoms with E-state index in [1.807, 2.05) is 26.1 Å². The Hall–Kier alpha value is -2.63. The molecule has 0 aliphatic rings. The van der Waals surface area contributed by atoms with Crippen molar-refractivity contribution in [3.63, 3.8) is 0 Å². The van der Waals surface area contributed by atoms with Crippen molar-refractivity contribution in [2.24, 2.45) is 7.05 Å². The highest BCUT2D eigenvalue weighted by molar-refractivity contribution is 5.85. The van der Waals surface area contributed by atoms with Gasteiger partial charge in [-0.1, -0.05) is 6.92 Å². The van der Waals surface area contributed by atoms with Crippen molar-refractivity contribution in [2.75, 3.05) is 0 Å². The van der Waals surface area contributed by atoms with Crippen molar-refractivity contribution in [2.45, 2.75) is 13.3 Å². The second-order valence-electron chi connectivity index (χ2n) is 4.66. The molecule has 2 aromatic heterocycles. The zero-order valence-corrected chi connectivity index (χ0v) is 11.2. The highest BCUT2D eigenvalue weighted by Crippen LogP contribution is 2.26. The van der Waals surface area contributed by atoms with Crippen molar-refractivity contribution >= 4 is 10.9 Å². The third-order valence-electron chi connectivity index (χ3n) is 3.44. The second-order valence-corrected chi connectivity index (χ2v) is 4.66. The largest absolute Gasteiger partial charge is 0.326 e. The Labute approximate surface area is 114 Å². The third kappa shape index (κ3) is 1.85. The van der Waals surface area contributed by atoms with Crippen LogP contribution in [-0.2, 0) is 13.5 Å². The minimum atomic E-state index is -0.488. The molecule has 0 spiro atoms. The zero-order chi connectivity index (χ0) is 14.3. The molecule has 2 N–H and O–H groups in total. The van der Waals surface area contributed by atoms with Gasteiger partial charge in [0.1, 0.15) is 0 Å². The first-order valence-corrected chi connectivity index (χ1v) is 6.37. The summed E-state index contributed by atoms with van der Waals surface area (Å²) >= 11 is 0. The van der Waals surface area contributed by atoms with Gasteiger partial charge in [-0.3, -0.25) is 14.5 Å². The molecule has 0 aliphatic heterocycles. The minimum absolute atomic E-state index is 0.380. The van der Waals surface area contributed by atoms with Gasteiger partial charge >= 0.3 is 5.69 Å². The summed E-state index contributed by atoms with van der Waals surface area (Å²) in [5, 5.41) is 4.63. The van der Waals surface area contributed by atoms with Crippen molar-refractivity contribution < 1.29 is 0 Å². The number of aromatic nitrogens is 4. The molecule has 0 fully saturated rings. The van der Waals surface area contributed by atoms with Crippen LogP contribution < -0.4 is 11.2 Å². The summed E-state index contributed by atoms with van der Waals surface area (Å²) in [5.41, 5.74) is 2.64. The van der Waals surface area contributed by atoms with Gasteiger partial charge < -0.3 is 4.98 Å². The smallest absolute Gasteiger partial charge is 0.307 e. The van der Waals surface area contributed by atoms with E-state index in [1.54, 1.807) is 16.9 Å². The summed E-state index contributed by atoms with van der Waals surface area (Å²) in [7, 11) is 1.86. The van der Waals surface area contributed by atoms with Crippen LogP contribution in [0.2, 0.25) is 0 Å². The maximum atomic E-state index is 11.9. The minimum Gasteiger partial charge on any atom is -0.307 e. The molecule has 0 amide bonds. The van der Waals surface area contributed by atoms with Gasteiger partial charge in [0.05, 0.1) is 16.6 Å². The Morgan fingerprint density at radius 1 is 1.25 bits per heavy atom. The van der Waals surface area contributed by atoms with Crippen LogP contribution in [-0.4, -0.2) is 19.7 Å². The Kier molecular flexibility index (Phi) is 2.78. The van der Waals surface area contributed by atoms with Crippen LogP contribution in [0, 0.1) is 0 Å². The van der Waals surface area contributed by atoms with E-state index in [4.69, 9.17) is 0 Å². The van der Waals surface area contributed by atoms with Crippen molar-refractivity contribution in [3.8, 4) is 11.3 Å². The highest BCUT2D eigenvalue weighted by atomic mass is 16.2. The first-order valence-electron chi connectivity index (χ1n) is 6.37. The van der Waals surface area contributed by atoms with Crippen LogP contribution >= 0.6 is 0 Å². The number of nitrogens with one attached hydrogen (secondary N) is 2. The monoisotopic (exact) mass is 270 g/mol. The molecule has 0 unspecified atom stereocenters. The van der Waals surface area contributed by atoms with Crippen molar-refractivity contribution in [3.05, 3.63) is 50.8 Å². The molecule has 1 aromatic carbocycles. The van der Waals surface area contributed by atoms with Gasteiger partial charge in [-0.2, -0.15) is 5.10 Å². The molecule has 3 rings (SSSR count). The van der Waals surface area contributed by atoms with E-state index in [0.29, 0.717) is 10.9 Å². The van der Waals surface area contributed by atoms with Gasteiger partial charge in [-0.15, -0.1) is 0 Å². The lowest BCUT2D eigenvalue weighted by molar-refractivity contribution is 0.775. The molecule has 20 heavy (non-hydrogen) atoms. The molecule has 0 bridgehead atoms. The van der Waals surface area contributed by atoms with Crippen molar-refractivity contribution in [1.82, 2.24) is 19.7 Å². The van der Waals surface area contributed by atoms with Crippen LogP contribution in [0.15, 0.2) is 34.0 Å². The highest BCUT2D eigenvalue weighted by Gasteiger charge is 2.11. The standard InChI is InChI=1S/C14H14N4O2/c1-3-8-6-11-10(13(19)17-14(20)16-11)7-9(8)12-4-5-15-18(12)2/h4-7H,3H2,1-2H3,(H2,16,17,19,20). The lowest BCUT2D eigenvalue weighted by Gasteiger charge is -2.10. The van der Waals surface area contributed by atoms with E-state index in [1.165, 1.54) is 0 Å². The molecule has 0 saturated carbocycles. The van der Waals surface area contributed by atoms with Gasteiger partial charge in [0.25, 0.3) is 5.56 Å². The van der Waals surface area contributed by atoms with E-state index >= 15 is 0 Å². The van der Waals surface area contributed by atoms with E-state index < -0.39 is 5.69 Å². The number of benzene rings is 1. The van der Waals surface area contributed by atoms with E-state index in [-0.39, 0.29) is 5.56 Å². The van der Waals surface area contributed by atoms with E-state index in [9.17, 15) is 9.59 Å². The molecule has 0 aliphatic carbocycles. The molecule has 3 aromatic rings. The lowest BCUT2D eigenvalue weighted by atomic mass is 10.00. The van der Waals surface area contributed by atoms with Crippen LogP contribution in [0.5, 0.6) is 0 Å². The maximum absolute atomic E-state index is 11.9. The van der Waals surface area contributed by atoms with E-state index in [0.717, 1.165) is 23.2 Å². The van der Waals surface area contributed by atoms with Crippen molar-refractivity contribution in [1.29, 1.82) is 0 Å². The molecule has 2 heterocycles. The predicted molar refractivity (Wildman–Crippen MR) is 76.8 cm³/mol. The molecule has 0 saturated heterocycles. The average molecular weight is 270 g/mol. The fourth-order valence-corrected chi connectivity index (χ4v) is 2.43. The molecule has 102 valence electrons. The fraction of sp³-hybridized carbons (Fsp3) is 0.214. The fourth-order valence-electron chi connectivity index (χ4n) is 2.43. The number of hydrogen-bond donors (Lipinski definition) is 2. The van der Waals surface area contributed by atoms with Gasteiger partial charge in [0.15, 0.2) is 0 Å². The third-order valence-corrected chi connectivity index (χ3v) is 3.44. The summed E-state index contributed by atoms with van der Waals surface area (Å²) in [4.78, 5) is 28.2. The molecule has 6 nitrogen and oxygen atoms in total. The van der Waals surface area contributed by atoms with Crippen LogP contribution in [0.1, 0.15) is 12.5 Å². The maximum Gasteiger partial charge on any atom is 0.326 e. The predicted octanol–water partition coefficient (Wildman–Crippen LogP) is 1.18. The summed E-state index contributed by atoms with van der Waals surface area (Å²) in [6, 6.07) is 5.56. The van der Waals surface area contributed by atoms with Crippen LogP contribution in [0.4, 0.5) is 0 Å². The number of H-pyrrole nitrogens is 2.